The first-order valence-corrected chi connectivity index (χ1v) is 4.91. The van der Waals surface area contributed by atoms with Gasteiger partial charge in [0.05, 0.1) is 26.0 Å². The van der Waals surface area contributed by atoms with E-state index in [2.05, 4.69) is 20.2 Å². The summed E-state index contributed by atoms with van der Waals surface area (Å²) in [7, 11) is 2.05. The predicted molar refractivity (Wildman–Crippen MR) is 57.9 cm³/mol. The van der Waals surface area contributed by atoms with Crippen molar-refractivity contribution in [2.75, 3.05) is 32.6 Å². The lowest BCUT2D eigenvalue weighted by molar-refractivity contribution is -0.901. The lowest BCUT2D eigenvalue weighted by Gasteiger charge is -2.33. The molecule has 0 aromatic carbocycles. The topological polar surface area (TPSA) is 20.2 Å². The highest BCUT2D eigenvalue weighted by Gasteiger charge is 2.21. The van der Waals surface area contributed by atoms with Gasteiger partial charge in [-0.2, -0.15) is 0 Å². The molecule has 0 heterocycles. The SMILES string of the molecule is C=CC[N+](C)(CC=C)CC(O)CCl. The summed E-state index contributed by atoms with van der Waals surface area (Å²) >= 11 is 5.55. The van der Waals surface area contributed by atoms with Crippen LogP contribution in [-0.2, 0) is 0 Å². The van der Waals surface area contributed by atoms with Gasteiger partial charge >= 0.3 is 0 Å². The summed E-state index contributed by atoms with van der Waals surface area (Å²) < 4.78 is 0.709. The third-order valence-corrected chi connectivity index (χ3v) is 2.33. The van der Waals surface area contributed by atoms with E-state index in [0.29, 0.717) is 11.0 Å². The van der Waals surface area contributed by atoms with Crippen LogP contribution in [0.25, 0.3) is 0 Å². The highest BCUT2D eigenvalue weighted by molar-refractivity contribution is 6.18. The summed E-state index contributed by atoms with van der Waals surface area (Å²) in [6, 6.07) is 0. The van der Waals surface area contributed by atoms with Crippen molar-refractivity contribution >= 4 is 11.6 Å². The van der Waals surface area contributed by atoms with Crippen molar-refractivity contribution in [2.24, 2.45) is 0 Å². The Hall–Kier alpha value is -0.310. The van der Waals surface area contributed by atoms with Crippen LogP contribution in [0.2, 0.25) is 0 Å². The molecule has 1 N–H and O–H groups in total. The molecule has 13 heavy (non-hydrogen) atoms. The van der Waals surface area contributed by atoms with Crippen LogP contribution in [0.15, 0.2) is 25.3 Å². The van der Waals surface area contributed by atoms with Gasteiger partial charge < -0.3 is 9.59 Å². The van der Waals surface area contributed by atoms with Gasteiger partial charge in [-0.25, -0.2) is 0 Å². The molecule has 0 radical (unpaired) electrons. The van der Waals surface area contributed by atoms with Crippen molar-refractivity contribution in [1.29, 1.82) is 0 Å². The minimum Gasteiger partial charge on any atom is -0.386 e. The maximum absolute atomic E-state index is 9.43. The zero-order chi connectivity index (χ0) is 10.3. The molecule has 0 aliphatic rings. The molecule has 0 saturated heterocycles. The molecule has 0 bridgehead atoms. The highest BCUT2D eigenvalue weighted by Crippen LogP contribution is 2.05. The summed E-state index contributed by atoms with van der Waals surface area (Å²) in [6.45, 7) is 9.67. The van der Waals surface area contributed by atoms with Crippen LogP contribution in [0.5, 0.6) is 0 Å². The van der Waals surface area contributed by atoms with Crippen LogP contribution in [0.1, 0.15) is 0 Å². The molecule has 1 unspecified atom stereocenters. The number of hydrogen-bond acceptors (Lipinski definition) is 1. The van der Waals surface area contributed by atoms with E-state index in [-0.39, 0.29) is 5.88 Å². The molecule has 0 aliphatic heterocycles. The third kappa shape index (κ3) is 5.09. The van der Waals surface area contributed by atoms with Crippen molar-refractivity contribution in [3.05, 3.63) is 25.3 Å². The van der Waals surface area contributed by atoms with Gasteiger partial charge in [-0.1, -0.05) is 13.2 Å². The van der Waals surface area contributed by atoms with Crippen molar-refractivity contribution in [1.82, 2.24) is 0 Å². The van der Waals surface area contributed by atoms with Gasteiger partial charge in [0.2, 0.25) is 0 Å². The first-order valence-electron chi connectivity index (χ1n) is 4.37. The summed E-state index contributed by atoms with van der Waals surface area (Å²) in [4.78, 5) is 0. The third-order valence-electron chi connectivity index (χ3n) is 1.97. The Morgan fingerprint density at radius 1 is 1.38 bits per heavy atom. The second kappa shape index (κ2) is 6.19. The summed E-state index contributed by atoms with van der Waals surface area (Å²) in [5.41, 5.74) is 0. The van der Waals surface area contributed by atoms with E-state index in [1.807, 2.05) is 12.2 Å². The van der Waals surface area contributed by atoms with Crippen molar-refractivity contribution in [3.63, 3.8) is 0 Å². The maximum atomic E-state index is 9.43. The minimum absolute atomic E-state index is 0.280. The summed E-state index contributed by atoms with van der Waals surface area (Å²) in [5, 5.41) is 9.43. The number of alkyl halides is 1. The number of aliphatic hydroxyl groups is 1. The Balaban J connectivity index is 4.20. The van der Waals surface area contributed by atoms with E-state index >= 15 is 0 Å². The average Bonchev–Trinajstić information content (AvgIpc) is 2.04. The van der Waals surface area contributed by atoms with Crippen molar-refractivity contribution in [2.45, 2.75) is 6.10 Å². The fraction of sp³-hybridized carbons (Fsp3) is 0.600. The van der Waals surface area contributed by atoms with E-state index < -0.39 is 6.10 Å². The van der Waals surface area contributed by atoms with Gasteiger partial charge in [0.1, 0.15) is 12.6 Å². The van der Waals surface area contributed by atoms with Gasteiger partial charge in [-0.05, 0) is 12.2 Å². The molecular formula is C10H19ClNO+. The smallest absolute Gasteiger partial charge is 0.116 e. The Kier molecular flexibility index (Phi) is 6.04. The van der Waals surface area contributed by atoms with Crippen LogP contribution in [0, 0.1) is 0 Å². The van der Waals surface area contributed by atoms with E-state index in [1.54, 1.807) is 0 Å². The highest BCUT2D eigenvalue weighted by atomic mass is 35.5. The molecule has 3 heteroatoms. The first kappa shape index (κ1) is 12.7. The largest absolute Gasteiger partial charge is 0.386 e. The normalized spacial score (nSPS) is 13.8. The monoisotopic (exact) mass is 204 g/mol. The second-order valence-corrected chi connectivity index (χ2v) is 3.86. The van der Waals surface area contributed by atoms with E-state index in [1.165, 1.54) is 0 Å². The Morgan fingerprint density at radius 3 is 2.15 bits per heavy atom. The molecule has 0 spiro atoms. The average molecular weight is 205 g/mol. The summed E-state index contributed by atoms with van der Waals surface area (Å²) in [5.74, 6) is 0.280. The fourth-order valence-electron chi connectivity index (χ4n) is 1.40. The first-order chi connectivity index (χ1) is 6.08. The molecule has 0 saturated carbocycles. The molecule has 0 aromatic rings. The molecule has 76 valence electrons. The van der Waals surface area contributed by atoms with E-state index in [9.17, 15) is 5.11 Å². The minimum atomic E-state index is -0.452. The van der Waals surface area contributed by atoms with Gasteiger partial charge in [-0.3, -0.25) is 0 Å². The van der Waals surface area contributed by atoms with Gasteiger partial charge in [0.15, 0.2) is 0 Å². The predicted octanol–water partition coefficient (Wildman–Crippen LogP) is 1.40. The molecule has 0 fully saturated rings. The number of aliphatic hydroxyl groups excluding tert-OH is 1. The van der Waals surface area contributed by atoms with Gasteiger partial charge in [-0.15, -0.1) is 11.6 Å². The van der Waals surface area contributed by atoms with E-state index in [0.717, 1.165) is 13.1 Å². The lowest BCUT2D eigenvalue weighted by atomic mass is 10.3. The Morgan fingerprint density at radius 2 is 1.85 bits per heavy atom. The van der Waals surface area contributed by atoms with Crippen molar-refractivity contribution in [3.8, 4) is 0 Å². The van der Waals surface area contributed by atoms with E-state index in [4.69, 9.17) is 11.6 Å². The van der Waals surface area contributed by atoms with Crippen LogP contribution in [0.4, 0.5) is 0 Å². The number of halogens is 1. The van der Waals surface area contributed by atoms with Crippen LogP contribution in [-0.4, -0.2) is 48.3 Å². The molecule has 0 rings (SSSR count). The number of quaternary nitrogens is 1. The van der Waals surface area contributed by atoms with Gasteiger partial charge in [0.25, 0.3) is 0 Å². The lowest BCUT2D eigenvalue weighted by Crippen LogP contribution is -2.49. The zero-order valence-electron chi connectivity index (χ0n) is 8.25. The zero-order valence-corrected chi connectivity index (χ0v) is 9.00. The van der Waals surface area contributed by atoms with Crippen LogP contribution < -0.4 is 0 Å². The molecule has 0 aliphatic carbocycles. The molecular weight excluding hydrogens is 186 g/mol. The Labute approximate surface area is 85.7 Å². The number of hydrogen-bond donors (Lipinski definition) is 1. The fourth-order valence-corrected chi connectivity index (χ4v) is 1.50. The molecule has 2 nitrogen and oxygen atoms in total. The quantitative estimate of drug-likeness (QED) is 0.378. The Bertz CT molecular complexity index is 160. The maximum Gasteiger partial charge on any atom is 0.116 e. The number of nitrogens with zero attached hydrogens (tertiary/aromatic N) is 1. The number of likely N-dealkylation sites (N-methyl/N-ethyl adjacent to an activating group) is 1. The molecule has 0 aromatic heterocycles. The van der Waals surface area contributed by atoms with Crippen molar-refractivity contribution < 1.29 is 9.59 Å². The second-order valence-electron chi connectivity index (χ2n) is 3.55. The van der Waals surface area contributed by atoms with Crippen LogP contribution in [0.3, 0.4) is 0 Å². The standard InChI is InChI=1S/C10H19ClNO/c1-4-6-12(3,7-5-2)9-10(13)8-11/h4-5,10,13H,1-2,6-9H2,3H3/q+1. The molecule has 1 atom stereocenters. The van der Waals surface area contributed by atoms with Gasteiger partial charge in [0, 0.05) is 0 Å². The van der Waals surface area contributed by atoms with Crippen LogP contribution >= 0.6 is 11.6 Å². The molecule has 0 amide bonds. The summed E-state index contributed by atoms with van der Waals surface area (Å²) in [6.07, 6.45) is 3.25. The number of rotatable bonds is 7.